The lowest BCUT2D eigenvalue weighted by Gasteiger charge is -2.04. The van der Waals surface area contributed by atoms with Crippen molar-refractivity contribution in [2.24, 2.45) is 0 Å². The van der Waals surface area contributed by atoms with Crippen LogP contribution in [0.1, 0.15) is 13.3 Å². The van der Waals surface area contributed by atoms with Gasteiger partial charge < -0.3 is 10.3 Å². The van der Waals surface area contributed by atoms with Gasteiger partial charge in [0.05, 0.1) is 23.7 Å². The molecule has 0 saturated carbocycles. The molecule has 2 N–H and O–H groups in total. The van der Waals surface area contributed by atoms with E-state index in [-0.39, 0.29) is 0 Å². The summed E-state index contributed by atoms with van der Waals surface area (Å²) in [6, 6.07) is 0. The van der Waals surface area contributed by atoms with Gasteiger partial charge in [-0.25, -0.2) is 9.97 Å². The van der Waals surface area contributed by atoms with Crippen molar-refractivity contribution in [3.05, 3.63) is 18.0 Å². The number of aryl methyl sites for hydroxylation is 1. The minimum absolute atomic E-state index is 0.753. The molecule has 0 aliphatic heterocycles. The summed E-state index contributed by atoms with van der Waals surface area (Å²) in [4.78, 5) is 8.34. The molecule has 2 heterocycles. The highest BCUT2D eigenvalue weighted by Gasteiger charge is 2.10. The summed E-state index contributed by atoms with van der Waals surface area (Å²) in [5.74, 6) is 0. The Hall–Kier alpha value is -1.36. The number of thiazole rings is 1. The fourth-order valence-electron chi connectivity index (χ4n) is 1.38. The number of nitrogens with two attached hydrogens (primary N) is 1. The Labute approximate surface area is 86.4 Å². The van der Waals surface area contributed by atoms with E-state index in [1.165, 1.54) is 11.3 Å². The Kier molecular flexibility index (Phi) is 2.49. The summed E-state index contributed by atoms with van der Waals surface area (Å²) < 4.78 is 2.07. The van der Waals surface area contributed by atoms with Gasteiger partial charge in [-0.2, -0.15) is 0 Å². The SMILES string of the molecule is CCCn1cncc1-c1ncsc1N. The first-order valence-corrected chi connectivity index (χ1v) is 5.40. The number of aromatic nitrogens is 3. The number of rotatable bonds is 3. The van der Waals surface area contributed by atoms with Gasteiger partial charge in [-0.1, -0.05) is 6.92 Å². The molecule has 0 fully saturated rings. The Morgan fingerprint density at radius 3 is 3.07 bits per heavy atom. The van der Waals surface area contributed by atoms with Gasteiger partial charge in [0, 0.05) is 6.54 Å². The van der Waals surface area contributed by atoms with Crippen molar-refractivity contribution in [2.45, 2.75) is 19.9 Å². The van der Waals surface area contributed by atoms with Crippen LogP contribution in [-0.4, -0.2) is 14.5 Å². The van der Waals surface area contributed by atoms with E-state index in [1.807, 2.05) is 6.33 Å². The molecule has 0 aliphatic rings. The fourth-order valence-corrected chi connectivity index (χ4v) is 1.93. The van der Waals surface area contributed by atoms with Crippen LogP contribution in [0.2, 0.25) is 0 Å². The number of imidazole rings is 1. The highest BCUT2D eigenvalue weighted by Crippen LogP contribution is 2.27. The molecule has 0 radical (unpaired) electrons. The second kappa shape index (κ2) is 3.79. The van der Waals surface area contributed by atoms with Gasteiger partial charge in [0.1, 0.15) is 10.7 Å². The van der Waals surface area contributed by atoms with Crippen LogP contribution in [0, 0.1) is 0 Å². The van der Waals surface area contributed by atoms with Crippen LogP contribution in [0.3, 0.4) is 0 Å². The predicted octanol–water partition coefficient (Wildman–Crippen LogP) is 2.00. The van der Waals surface area contributed by atoms with Crippen LogP contribution < -0.4 is 5.73 Å². The van der Waals surface area contributed by atoms with Crippen LogP contribution in [0.4, 0.5) is 5.00 Å². The zero-order valence-corrected chi connectivity index (χ0v) is 8.79. The molecule has 0 aliphatic carbocycles. The van der Waals surface area contributed by atoms with Crippen molar-refractivity contribution in [3.63, 3.8) is 0 Å². The molecule has 4 nitrogen and oxygen atoms in total. The number of nitrogens with zero attached hydrogens (tertiary/aromatic N) is 3. The van der Waals surface area contributed by atoms with Crippen LogP contribution in [0.25, 0.3) is 11.4 Å². The molecule has 2 aromatic rings. The number of hydrogen-bond donors (Lipinski definition) is 1. The maximum absolute atomic E-state index is 5.81. The van der Waals surface area contributed by atoms with Gasteiger partial charge in [0.2, 0.25) is 0 Å². The van der Waals surface area contributed by atoms with Gasteiger partial charge in [0.25, 0.3) is 0 Å². The van der Waals surface area contributed by atoms with Gasteiger partial charge in [0.15, 0.2) is 0 Å². The number of anilines is 1. The molecule has 0 unspecified atom stereocenters. The zero-order valence-electron chi connectivity index (χ0n) is 7.97. The van der Waals surface area contributed by atoms with Crippen LogP contribution in [-0.2, 0) is 6.54 Å². The van der Waals surface area contributed by atoms with Crippen LogP contribution >= 0.6 is 11.3 Å². The van der Waals surface area contributed by atoms with Gasteiger partial charge in [-0.15, -0.1) is 11.3 Å². The van der Waals surface area contributed by atoms with E-state index in [9.17, 15) is 0 Å². The zero-order chi connectivity index (χ0) is 9.97. The van der Waals surface area contributed by atoms with E-state index < -0.39 is 0 Å². The van der Waals surface area contributed by atoms with Crippen molar-refractivity contribution < 1.29 is 0 Å². The summed E-state index contributed by atoms with van der Waals surface area (Å²) in [5.41, 5.74) is 9.42. The molecule has 0 atom stereocenters. The first kappa shape index (κ1) is 9.21. The van der Waals surface area contributed by atoms with Gasteiger partial charge in [-0.05, 0) is 6.42 Å². The first-order chi connectivity index (χ1) is 6.83. The topological polar surface area (TPSA) is 56.7 Å². The summed E-state index contributed by atoms with van der Waals surface area (Å²) in [5, 5.41) is 0.753. The molecule has 14 heavy (non-hydrogen) atoms. The molecule has 74 valence electrons. The molecule has 0 spiro atoms. The summed E-state index contributed by atoms with van der Waals surface area (Å²) in [7, 11) is 0. The molecular formula is C9H12N4S. The largest absolute Gasteiger partial charge is 0.389 e. The molecule has 0 amide bonds. The maximum Gasteiger partial charge on any atom is 0.123 e. The molecule has 0 aromatic carbocycles. The second-order valence-electron chi connectivity index (χ2n) is 3.04. The van der Waals surface area contributed by atoms with Crippen molar-refractivity contribution in [3.8, 4) is 11.4 Å². The van der Waals surface area contributed by atoms with Crippen molar-refractivity contribution >= 4 is 16.3 Å². The first-order valence-electron chi connectivity index (χ1n) is 4.52. The molecule has 0 saturated heterocycles. The Bertz CT molecular complexity index is 418. The molecule has 2 aromatic heterocycles. The maximum atomic E-state index is 5.81. The predicted molar refractivity (Wildman–Crippen MR) is 58.0 cm³/mol. The van der Waals surface area contributed by atoms with E-state index in [0.29, 0.717) is 0 Å². The highest BCUT2D eigenvalue weighted by molar-refractivity contribution is 7.14. The second-order valence-corrected chi connectivity index (χ2v) is 3.92. The summed E-state index contributed by atoms with van der Waals surface area (Å²) in [6.07, 6.45) is 4.70. The lowest BCUT2D eigenvalue weighted by molar-refractivity contribution is 0.683. The van der Waals surface area contributed by atoms with Crippen LogP contribution in [0.5, 0.6) is 0 Å². The third-order valence-corrected chi connectivity index (χ3v) is 2.67. The molecule has 5 heteroatoms. The van der Waals surface area contributed by atoms with E-state index in [4.69, 9.17) is 5.73 Å². The minimum Gasteiger partial charge on any atom is -0.389 e. The molecule has 0 bridgehead atoms. The van der Waals surface area contributed by atoms with Crippen molar-refractivity contribution in [1.82, 2.24) is 14.5 Å². The third-order valence-electron chi connectivity index (χ3n) is 2.01. The van der Waals surface area contributed by atoms with Crippen molar-refractivity contribution in [2.75, 3.05) is 5.73 Å². The Morgan fingerprint density at radius 2 is 2.43 bits per heavy atom. The van der Waals surface area contributed by atoms with Gasteiger partial charge in [-0.3, -0.25) is 0 Å². The fraction of sp³-hybridized carbons (Fsp3) is 0.333. The normalized spacial score (nSPS) is 10.6. The van der Waals surface area contributed by atoms with E-state index >= 15 is 0 Å². The summed E-state index contributed by atoms with van der Waals surface area (Å²) in [6.45, 7) is 3.08. The highest BCUT2D eigenvalue weighted by atomic mass is 32.1. The average Bonchev–Trinajstić information content (AvgIpc) is 2.74. The van der Waals surface area contributed by atoms with Crippen LogP contribution in [0.15, 0.2) is 18.0 Å². The number of hydrogen-bond acceptors (Lipinski definition) is 4. The Balaban J connectivity index is 2.41. The van der Waals surface area contributed by atoms with Gasteiger partial charge >= 0.3 is 0 Å². The number of nitrogen functional groups attached to an aromatic ring is 1. The third kappa shape index (κ3) is 1.50. The van der Waals surface area contributed by atoms with Crippen molar-refractivity contribution in [1.29, 1.82) is 0 Å². The smallest absolute Gasteiger partial charge is 0.123 e. The van der Waals surface area contributed by atoms with E-state index in [1.54, 1.807) is 11.7 Å². The molecular weight excluding hydrogens is 196 g/mol. The average molecular weight is 208 g/mol. The lowest BCUT2D eigenvalue weighted by Crippen LogP contribution is -1.98. The van der Waals surface area contributed by atoms with E-state index in [0.717, 1.165) is 29.4 Å². The standard InChI is InChI=1S/C9H12N4S/c1-2-3-13-5-11-4-7(13)8-9(10)14-6-12-8/h4-6H,2-3,10H2,1H3. The monoisotopic (exact) mass is 208 g/mol. The Morgan fingerprint density at radius 1 is 1.57 bits per heavy atom. The quantitative estimate of drug-likeness (QED) is 0.839. The minimum atomic E-state index is 0.753. The van der Waals surface area contributed by atoms with E-state index in [2.05, 4.69) is 21.5 Å². The molecule has 2 rings (SSSR count). The summed E-state index contributed by atoms with van der Waals surface area (Å²) >= 11 is 1.45. The lowest BCUT2D eigenvalue weighted by atomic mass is 10.3.